The van der Waals surface area contributed by atoms with Crippen molar-refractivity contribution >= 4 is 5.91 Å². The number of pyridine rings is 1. The molecule has 5 nitrogen and oxygen atoms in total. The second kappa shape index (κ2) is 8.70. The molecule has 0 aliphatic carbocycles. The summed E-state index contributed by atoms with van der Waals surface area (Å²) in [4.78, 5) is 19.0. The lowest BCUT2D eigenvalue weighted by Gasteiger charge is -2.32. The van der Waals surface area contributed by atoms with E-state index in [0.717, 1.165) is 42.9 Å². The van der Waals surface area contributed by atoms with Gasteiger partial charge in [-0.25, -0.2) is 4.98 Å². The predicted octanol–water partition coefficient (Wildman–Crippen LogP) is 3.26. The van der Waals surface area contributed by atoms with Crippen LogP contribution < -0.4 is 9.47 Å². The smallest absolute Gasteiger partial charge is 0.227 e. The van der Waals surface area contributed by atoms with Crippen LogP contribution in [0.5, 0.6) is 11.6 Å². The fraction of sp³-hybridized carbons (Fsp3) is 0.429. The van der Waals surface area contributed by atoms with Crippen molar-refractivity contribution in [1.29, 1.82) is 0 Å². The maximum atomic E-state index is 12.6. The Kier molecular flexibility index (Phi) is 6.10. The molecule has 138 valence electrons. The van der Waals surface area contributed by atoms with Gasteiger partial charge in [0.05, 0.1) is 20.1 Å². The lowest BCUT2D eigenvalue weighted by molar-refractivity contribution is -0.132. The molecule has 1 amide bonds. The third-order valence-electron chi connectivity index (χ3n) is 4.72. The number of carbonyl (C=O) groups excluding carboxylic acids is 1. The van der Waals surface area contributed by atoms with Crippen molar-refractivity contribution in [3.63, 3.8) is 0 Å². The van der Waals surface area contributed by atoms with Gasteiger partial charge in [-0.2, -0.15) is 0 Å². The molecule has 0 saturated carbocycles. The first kappa shape index (κ1) is 18.2. The molecule has 3 rings (SSSR count). The van der Waals surface area contributed by atoms with Gasteiger partial charge < -0.3 is 14.4 Å². The van der Waals surface area contributed by atoms with Gasteiger partial charge in [-0.05, 0) is 43.5 Å². The van der Waals surface area contributed by atoms with Gasteiger partial charge in [-0.3, -0.25) is 4.79 Å². The highest BCUT2D eigenvalue weighted by atomic mass is 16.5. The number of piperidine rings is 1. The number of rotatable bonds is 6. The van der Waals surface area contributed by atoms with Crippen LogP contribution in [-0.2, 0) is 11.2 Å². The van der Waals surface area contributed by atoms with Crippen molar-refractivity contribution in [3.8, 4) is 11.6 Å². The fourth-order valence-electron chi connectivity index (χ4n) is 3.26. The van der Waals surface area contributed by atoms with Gasteiger partial charge in [0.2, 0.25) is 11.8 Å². The molecule has 1 aromatic carbocycles. The quantitative estimate of drug-likeness (QED) is 0.799. The molecule has 0 radical (unpaired) electrons. The number of methoxy groups -OCH3 is 1. The van der Waals surface area contributed by atoms with Gasteiger partial charge in [0.25, 0.3) is 0 Å². The molecule has 1 aliphatic heterocycles. The normalized spacial score (nSPS) is 17.0. The highest BCUT2D eigenvalue weighted by molar-refractivity contribution is 5.78. The van der Waals surface area contributed by atoms with Crippen molar-refractivity contribution in [3.05, 3.63) is 53.7 Å². The number of amides is 1. The number of aryl methyl sites for hydroxylation is 1. The fourth-order valence-corrected chi connectivity index (χ4v) is 3.26. The van der Waals surface area contributed by atoms with Crippen LogP contribution >= 0.6 is 0 Å². The standard InChI is InChI=1S/C21H26N2O3/c1-16-5-3-7-20(22-16)26-15-18-6-4-12-23(14-18)21(24)13-17-8-10-19(25-2)11-9-17/h3,5,7-11,18H,4,6,12-15H2,1-2H3. The predicted molar refractivity (Wildman–Crippen MR) is 100 cm³/mol. The summed E-state index contributed by atoms with van der Waals surface area (Å²) in [6, 6.07) is 13.5. The molecular weight excluding hydrogens is 328 g/mol. The molecule has 5 heteroatoms. The largest absolute Gasteiger partial charge is 0.497 e. The summed E-state index contributed by atoms with van der Waals surface area (Å²) >= 11 is 0. The molecule has 0 N–H and O–H groups in total. The zero-order valence-electron chi connectivity index (χ0n) is 15.5. The number of hydrogen-bond acceptors (Lipinski definition) is 4. The Hall–Kier alpha value is -2.56. The van der Waals surface area contributed by atoms with Gasteiger partial charge in [0.15, 0.2) is 0 Å². The first-order valence-electron chi connectivity index (χ1n) is 9.11. The summed E-state index contributed by atoms with van der Waals surface area (Å²) in [5.74, 6) is 1.99. The van der Waals surface area contributed by atoms with Gasteiger partial charge in [0, 0.05) is 30.8 Å². The zero-order chi connectivity index (χ0) is 18.4. The van der Waals surface area contributed by atoms with Crippen LogP contribution in [0.4, 0.5) is 0 Å². The van der Waals surface area contributed by atoms with Crippen LogP contribution in [0.25, 0.3) is 0 Å². The van der Waals surface area contributed by atoms with Crippen LogP contribution in [0.3, 0.4) is 0 Å². The summed E-state index contributed by atoms with van der Waals surface area (Å²) in [7, 11) is 1.64. The van der Waals surface area contributed by atoms with Gasteiger partial charge in [-0.15, -0.1) is 0 Å². The van der Waals surface area contributed by atoms with Gasteiger partial charge in [0.1, 0.15) is 5.75 Å². The highest BCUT2D eigenvalue weighted by Gasteiger charge is 2.24. The first-order valence-corrected chi connectivity index (χ1v) is 9.11. The minimum atomic E-state index is 0.175. The minimum absolute atomic E-state index is 0.175. The molecule has 2 heterocycles. The van der Waals surface area contributed by atoms with Crippen molar-refractivity contribution in [2.75, 3.05) is 26.8 Å². The average Bonchev–Trinajstić information content (AvgIpc) is 2.67. The van der Waals surface area contributed by atoms with E-state index in [1.165, 1.54) is 0 Å². The zero-order valence-corrected chi connectivity index (χ0v) is 15.5. The molecule has 2 aromatic rings. The number of ether oxygens (including phenoxy) is 2. The average molecular weight is 354 g/mol. The third-order valence-corrected chi connectivity index (χ3v) is 4.72. The van der Waals surface area contributed by atoms with E-state index in [1.807, 2.05) is 54.3 Å². The summed E-state index contributed by atoms with van der Waals surface area (Å²) in [5.41, 5.74) is 1.96. The van der Waals surface area contributed by atoms with Crippen molar-refractivity contribution in [2.24, 2.45) is 5.92 Å². The third kappa shape index (κ3) is 4.97. The number of aromatic nitrogens is 1. The van der Waals surface area contributed by atoms with E-state index in [4.69, 9.17) is 9.47 Å². The van der Waals surface area contributed by atoms with E-state index in [2.05, 4.69) is 4.98 Å². The number of nitrogens with zero attached hydrogens (tertiary/aromatic N) is 2. The molecule has 1 fully saturated rings. The van der Waals surface area contributed by atoms with E-state index in [1.54, 1.807) is 7.11 Å². The Labute approximate surface area is 155 Å². The Bertz CT molecular complexity index is 730. The monoisotopic (exact) mass is 354 g/mol. The second-order valence-electron chi connectivity index (χ2n) is 6.80. The molecule has 1 atom stereocenters. The molecule has 1 saturated heterocycles. The van der Waals surface area contributed by atoms with Gasteiger partial charge >= 0.3 is 0 Å². The number of carbonyl (C=O) groups is 1. The first-order chi connectivity index (χ1) is 12.6. The molecule has 1 unspecified atom stereocenters. The van der Waals surface area contributed by atoms with Crippen LogP contribution in [0.1, 0.15) is 24.1 Å². The van der Waals surface area contributed by atoms with Crippen molar-refractivity contribution in [1.82, 2.24) is 9.88 Å². The molecule has 0 spiro atoms. The Balaban J connectivity index is 1.51. The molecule has 1 aliphatic rings. The van der Waals surface area contributed by atoms with E-state index in [9.17, 15) is 4.79 Å². The van der Waals surface area contributed by atoms with E-state index in [0.29, 0.717) is 24.8 Å². The molecule has 26 heavy (non-hydrogen) atoms. The molecule has 0 bridgehead atoms. The number of likely N-dealkylation sites (tertiary alicyclic amines) is 1. The van der Waals surface area contributed by atoms with Crippen molar-refractivity contribution in [2.45, 2.75) is 26.2 Å². The van der Waals surface area contributed by atoms with E-state index in [-0.39, 0.29) is 5.91 Å². The number of hydrogen-bond donors (Lipinski definition) is 0. The van der Waals surface area contributed by atoms with Crippen LogP contribution in [0.2, 0.25) is 0 Å². The van der Waals surface area contributed by atoms with Crippen LogP contribution in [0.15, 0.2) is 42.5 Å². The highest BCUT2D eigenvalue weighted by Crippen LogP contribution is 2.20. The maximum absolute atomic E-state index is 12.6. The topological polar surface area (TPSA) is 51.7 Å². The summed E-state index contributed by atoms with van der Waals surface area (Å²) in [5, 5.41) is 0. The summed E-state index contributed by atoms with van der Waals surface area (Å²) < 4.78 is 11.0. The molecule has 1 aromatic heterocycles. The van der Waals surface area contributed by atoms with Crippen LogP contribution in [0, 0.1) is 12.8 Å². The maximum Gasteiger partial charge on any atom is 0.227 e. The summed E-state index contributed by atoms with van der Waals surface area (Å²) in [6.45, 7) is 4.13. The Morgan fingerprint density at radius 1 is 1.23 bits per heavy atom. The van der Waals surface area contributed by atoms with E-state index < -0.39 is 0 Å². The Morgan fingerprint density at radius 2 is 2.04 bits per heavy atom. The van der Waals surface area contributed by atoms with Crippen LogP contribution in [-0.4, -0.2) is 42.6 Å². The van der Waals surface area contributed by atoms with E-state index >= 15 is 0 Å². The lowest BCUT2D eigenvalue weighted by Crippen LogP contribution is -2.42. The minimum Gasteiger partial charge on any atom is -0.497 e. The lowest BCUT2D eigenvalue weighted by atomic mass is 9.98. The summed E-state index contributed by atoms with van der Waals surface area (Å²) in [6.07, 6.45) is 2.53. The Morgan fingerprint density at radius 3 is 2.77 bits per heavy atom. The van der Waals surface area contributed by atoms with Gasteiger partial charge in [-0.1, -0.05) is 18.2 Å². The van der Waals surface area contributed by atoms with Crippen molar-refractivity contribution < 1.29 is 14.3 Å². The second-order valence-corrected chi connectivity index (χ2v) is 6.80. The molecular formula is C21H26N2O3. The SMILES string of the molecule is COc1ccc(CC(=O)N2CCCC(COc3cccc(C)n3)C2)cc1. The number of benzene rings is 1.